The van der Waals surface area contributed by atoms with Gasteiger partial charge in [-0.25, -0.2) is 0 Å². The monoisotopic (exact) mass is 172 g/mol. The largest absolute Gasteiger partial charge is 0.302 e. The summed E-state index contributed by atoms with van der Waals surface area (Å²) in [5.41, 5.74) is 5.41. The molecule has 0 saturated heterocycles. The molecule has 1 aromatic rings. The lowest BCUT2D eigenvalue weighted by molar-refractivity contribution is 0.620. The fourth-order valence-corrected chi connectivity index (χ4v) is 1.47. The molecule has 2 heteroatoms. The fraction of sp³-hybridized carbons (Fsp3) is 0.182. The molecule has 0 amide bonds. The first-order valence-corrected chi connectivity index (χ1v) is 4.39. The molecule has 2 nitrogen and oxygen atoms in total. The highest BCUT2D eigenvalue weighted by molar-refractivity contribution is 5.95. The summed E-state index contributed by atoms with van der Waals surface area (Å²) in [5.74, 6) is 0. The Kier molecular flexibility index (Phi) is 2.13. The molecule has 1 aliphatic heterocycles. The van der Waals surface area contributed by atoms with Gasteiger partial charge in [0.05, 0.1) is 11.8 Å². The van der Waals surface area contributed by atoms with E-state index in [9.17, 15) is 0 Å². The molecule has 0 saturated carbocycles. The maximum absolute atomic E-state index is 4.16. The molecule has 0 aliphatic carbocycles. The smallest absolute Gasteiger partial charge is 0.0745 e. The molecule has 1 N–H and O–H groups in total. The van der Waals surface area contributed by atoms with Crippen LogP contribution < -0.4 is 5.43 Å². The first kappa shape index (κ1) is 8.05. The third-order valence-corrected chi connectivity index (χ3v) is 2.21. The Morgan fingerprint density at radius 3 is 2.77 bits per heavy atom. The molecule has 2 rings (SSSR count). The Morgan fingerprint density at radius 2 is 2.15 bits per heavy atom. The number of allylic oxidation sites excluding steroid dienone is 1. The van der Waals surface area contributed by atoms with Crippen LogP contribution in [0.4, 0.5) is 0 Å². The van der Waals surface area contributed by atoms with Gasteiger partial charge in [-0.1, -0.05) is 36.9 Å². The Hall–Kier alpha value is -1.57. The second-order valence-corrected chi connectivity index (χ2v) is 3.10. The predicted octanol–water partition coefficient (Wildman–Crippen LogP) is 2.26. The van der Waals surface area contributed by atoms with Crippen LogP contribution >= 0.6 is 0 Å². The van der Waals surface area contributed by atoms with Crippen molar-refractivity contribution in [1.82, 2.24) is 5.43 Å². The van der Waals surface area contributed by atoms with Gasteiger partial charge in [0.2, 0.25) is 0 Å². The van der Waals surface area contributed by atoms with Gasteiger partial charge in [-0.3, -0.25) is 0 Å². The first-order valence-electron chi connectivity index (χ1n) is 4.39. The molecule has 1 atom stereocenters. The van der Waals surface area contributed by atoms with Crippen molar-refractivity contribution in [2.75, 3.05) is 0 Å². The minimum atomic E-state index is 0.328. The average molecular weight is 172 g/mol. The van der Waals surface area contributed by atoms with E-state index in [4.69, 9.17) is 0 Å². The van der Waals surface area contributed by atoms with Gasteiger partial charge < -0.3 is 5.43 Å². The van der Waals surface area contributed by atoms with Gasteiger partial charge in [-0.15, -0.1) is 0 Å². The Bertz CT molecular complexity index is 327. The number of rotatable bonds is 2. The number of hydrazone groups is 1. The molecule has 0 radical (unpaired) electrons. The minimum Gasteiger partial charge on any atom is -0.302 e. The van der Waals surface area contributed by atoms with Crippen molar-refractivity contribution in [3.8, 4) is 0 Å². The van der Waals surface area contributed by atoms with Crippen LogP contribution in [0, 0.1) is 0 Å². The molecule has 13 heavy (non-hydrogen) atoms. The summed E-state index contributed by atoms with van der Waals surface area (Å²) in [7, 11) is 0. The number of hydrogen-bond donors (Lipinski definition) is 1. The second kappa shape index (κ2) is 3.44. The third-order valence-electron chi connectivity index (χ3n) is 2.21. The molecule has 66 valence electrons. The molecule has 1 aliphatic rings. The SMILES string of the molecule is C=CC1=NNC(c2ccccc2)C1. The Morgan fingerprint density at radius 1 is 1.38 bits per heavy atom. The van der Waals surface area contributed by atoms with Gasteiger partial charge in [-0.2, -0.15) is 5.10 Å². The molecule has 1 aromatic carbocycles. The maximum Gasteiger partial charge on any atom is 0.0745 e. The van der Waals surface area contributed by atoms with Crippen LogP contribution in [-0.4, -0.2) is 5.71 Å². The fourth-order valence-electron chi connectivity index (χ4n) is 1.47. The van der Waals surface area contributed by atoms with E-state index in [1.165, 1.54) is 5.56 Å². The Balaban J connectivity index is 2.11. The van der Waals surface area contributed by atoms with Crippen LogP contribution in [0.25, 0.3) is 0 Å². The van der Waals surface area contributed by atoms with E-state index in [2.05, 4.69) is 29.2 Å². The molecular weight excluding hydrogens is 160 g/mol. The lowest BCUT2D eigenvalue weighted by Crippen LogP contribution is -2.09. The predicted molar refractivity (Wildman–Crippen MR) is 54.6 cm³/mol. The molecule has 0 spiro atoms. The zero-order chi connectivity index (χ0) is 9.10. The highest BCUT2D eigenvalue weighted by Gasteiger charge is 2.17. The quantitative estimate of drug-likeness (QED) is 0.727. The van der Waals surface area contributed by atoms with E-state index in [0.29, 0.717) is 6.04 Å². The zero-order valence-corrected chi connectivity index (χ0v) is 7.40. The number of benzene rings is 1. The van der Waals surface area contributed by atoms with Gasteiger partial charge in [0.1, 0.15) is 0 Å². The summed E-state index contributed by atoms with van der Waals surface area (Å²) in [6, 6.07) is 10.7. The van der Waals surface area contributed by atoms with E-state index in [1.54, 1.807) is 6.08 Å². The van der Waals surface area contributed by atoms with Crippen molar-refractivity contribution in [3.05, 3.63) is 48.6 Å². The van der Waals surface area contributed by atoms with Crippen molar-refractivity contribution in [1.29, 1.82) is 0 Å². The molecule has 1 unspecified atom stereocenters. The highest BCUT2D eigenvalue weighted by atomic mass is 15.3. The van der Waals surface area contributed by atoms with Crippen molar-refractivity contribution in [2.24, 2.45) is 5.10 Å². The van der Waals surface area contributed by atoms with E-state index in [0.717, 1.165) is 12.1 Å². The molecule has 0 fully saturated rings. The summed E-state index contributed by atoms with van der Waals surface area (Å²) in [5, 5.41) is 4.16. The van der Waals surface area contributed by atoms with Gasteiger partial charge in [0.25, 0.3) is 0 Å². The van der Waals surface area contributed by atoms with Gasteiger partial charge in [-0.05, 0) is 11.6 Å². The minimum absolute atomic E-state index is 0.328. The summed E-state index contributed by atoms with van der Waals surface area (Å²) < 4.78 is 0. The van der Waals surface area contributed by atoms with Gasteiger partial charge in [0, 0.05) is 6.42 Å². The van der Waals surface area contributed by atoms with Crippen molar-refractivity contribution in [2.45, 2.75) is 12.5 Å². The summed E-state index contributed by atoms with van der Waals surface area (Å²) in [6.07, 6.45) is 2.74. The van der Waals surface area contributed by atoms with Crippen LogP contribution in [0.3, 0.4) is 0 Å². The Labute approximate surface area is 78.0 Å². The summed E-state index contributed by atoms with van der Waals surface area (Å²) in [6.45, 7) is 3.70. The van der Waals surface area contributed by atoms with Gasteiger partial charge in [0.15, 0.2) is 0 Å². The molecule has 0 aromatic heterocycles. The van der Waals surface area contributed by atoms with Crippen LogP contribution in [0.15, 0.2) is 48.1 Å². The van der Waals surface area contributed by atoms with Crippen LogP contribution in [-0.2, 0) is 0 Å². The van der Waals surface area contributed by atoms with E-state index >= 15 is 0 Å². The standard InChI is InChI=1S/C11H12N2/c1-2-10-8-11(13-12-10)9-6-4-3-5-7-9/h2-7,11,13H,1,8H2. The van der Waals surface area contributed by atoms with Gasteiger partial charge >= 0.3 is 0 Å². The summed E-state index contributed by atoms with van der Waals surface area (Å²) >= 11 is 0. The molecule has 0 bridgehead atoms. The van der Waals surface area contributed by atoms with Crippen molar-refractivity contribution < 1.29 is 0 Å². The van der Waals surface area contributed by atoms with E-state index in [-0.39, 0.29) is 0 Å². The van der Waals surface area contributed by atoms with Crippen LogP contribution in [0.1, 0.15) is 18.0 Å². The van der Waals surface area contributed by atoms with Crippen LogP contribution in [0.2, 0.25) is 0 Å². The summed E-state index contributed by atoms with van der Waals surface area (Å²) in [4.78, 5) is 0. The maximum atomic E-state index is 4.16. The van der Waals surface area contributed by atoms with E-state index < -0.39 is 0 Å². The number of nitrogens with one attached hydrogen (secondary N) is 1. The average Bonchev–Trinajstić information content (AvgIpc) is 2.67. The molecular formula is C11H12N2. The topological polar surface area (TPSA) is 24.4 Å². The van der Waals surface area contributed by atoms with Crippen molar-refractivity contribution in [3.63, 3.8) is 0 Å². The van der Waals surface area contributed by atoms with E-state index in [1.807, 2.05) is 18.2 Å². The second-order valence-electron chi connectivity index (χ2n) is 3.10. The van der Waals surface area contributed by atoms with Crippen LogP contribution in [0.5, 0.6) is 0 Å². The highest BCUT2D eigenvalue weighted by Crippen LogP contribution is 2.21. The van der Waals surface area contributed by atoms with Crippen molar-refractivity contribution >= 4 is 5.71 Å². The number of nitrogens with zero attached hydrogens (tertiary/aromatic N) is 1. The third kappa shape index (κ3) is 1.61. The lowest BCUT2D eigenvalue weighted by Gasteiger charge is -2.08. The number of hydrogen-bond acceptors (Lipinski definition) is 2. The first-order chi connectivity index (χ1) is 6.40. The molecule has 1 heterocycles. The normalized spacial score (nSPS) is 20.6. The zero-order valence-electron chi connectivity index (χ0n) is 7.40. The lowest BCUT2D eigenvalue weighted by atomic mass is 10.0.